The van der Waals surface area contributed by atoms with Crippen LogP contribution >= 0.6 is 11.6 Å². The van der Waals surface area contributed by atoms with Gasteiger partial charge in [-0.05, 0) is 24.1 Å². The van der Waals surface area contributed by atoms with Gasteiger partial charge in [0.05, 0.1) is 0 Å². The van der Waals surface area contributed by atoms with Crippen LogP contribution in [-0.2, 0) is 11.3 Å². The summed E-state index contributed by atoms with van der Waals surface area (Å²) in [5.74, 6) is -1.02. The van der Waals surface area contributed by atoms with Gasteiger partial charge in [-0.15, -0.1) is 0 Å². The number of nitrogens with one attached hydrogen (secondary N) is 1. The van der Waals surface area contributed by atoms with Gasteiger partial charge < -0.3 is 15.3 Å². The van der Waals surface area contributed by atoms with Gasteiger partial charge in [0.25, 0.3) is 0 Å². The summed E-state index contributed by atoms with van der Waals surface area (Å²) in [7, 11) is 1.61. The van der Waals surface area contributed by atoms with Gasteiger partial charge in [0.1, 0.15) is 6.04 Å². The standard InChI is InChI=1S/C14H19ClN2O3/c1-3-5-12(13(18)19)16-14(20)17(2)9-10-6-4-7-11(15)8-10/h4,6-8,12H,3,5,9H2,1-2H3,(H,16,20)(H,18,19)/t12-/m0/s1. The van der Waals surface area contributed by atoms with Crippen molar-refractivity contribution in [2.75, 3.05) is 7.05 Å². The Hall–Kier alpha value is -1.75. The minimum atomic E-state index is -1.02. The van der Waals surface area contributed by atoms with Crippen molar-refractivity contribution >= 4 is 23.6 Å². The summed E-state index contributed by atoms with van der Waals surface area (Å²) in [6, 6.07) is 5.93. The highest BCUT2D eigenvalue weighted by molar-refractivity contribution is 6.30. The van der Waals surface area contributed by atoms with E-state index in [1.165, 1.54) is 4.90 Å². The first-order chi connectivity index (χ1) is 9.43. The van der Waals surface area contributed by atoms with Gasteiger partial charge in [-0.25, -0.2) is 9.59 Å². The van der Waals surface area contributed by atoms with Gasteiger partial charge >= 0.3 is 12.0 Å². The number of hydrogen-bond donors (Lipinski definition) is 2. The summed E-state index contributed by atoms with van der Waals surface area (Å²) in [4.78, 5) is 24.4. The van der Waals surface area contributed by atoms with Gasteiger partial charge in [-0.2, -0.15) is 0 Å². The number of benzene rings is 1. The largest absolute Gasteiger partial charge is 0.480 e. The lowest BCUT2D eigenvalue weighted by Crippen LogP contribution is -2.46. The molecule has 0 fully saturated rings. The van der Waals surface area contributed by atoms with E-state index in [2.05, 4.69) is 5.32 Å². The zero-order chi connectivity index (χ0) is 15.1. The fourth-order valence-electron chi connectivity index (χ4n) is 1.79. The number of carbonyl (C=O) groups excluding carboxylic acids is 1. The van der Waals surface area contributed by atoms with Gasteiger partial charge in [0, 0.05) is 18.6 Å². The maximum atomic E-state index is 11.9. The van der Waals surface area contributed by atoms with Crippen molar-refractivity contribution in [1.82, 2.24) is 10.2 Å². The molecule has 6 heteroatoms. The van der Waals surface area contributed by atoms with Crippen molar-refractivity contribution < 1.29 is 14.7 Å². The fraction of sp³-hybridized carbons (Fsp3) is 0.429. The molecular formula is C14H19ClN2O3. The number of urea groups is 1. The minimum Gasteiger partial charge on any atom is -0.480 e. The molecule has 0 saturated heterocycles. The first-order valence-electron chi connectivity index (χ1n) is 6.43. The van der Waals surface area contributed by atoms with Crippen molar-refractivity contribution in [2.24, 2.45) is 0 Å². The van der Waals surface area contributed by atoms with Crippen molar-refractivity contribution in [3.63, 3.8) is 0 Å². The van der Waals surface area contributed by atoms with E-state index in [0.29, 0.717) is 24.4 Å². The number of amides is 2. The van der Waals surface area contributed by atoms with Crippen LogP contribution in [0, 0.1) is 0 Å². The van der Waals surface area contributed by atoms with Crippen LogP contribution in [-0.4, -0.2) is 35.1 Å². The predicted octanol–water partition coefficient (Wildman–Crippen LogP) is 2.73. The molecule has 20 heavy (non-hydrogen) atoms. The first-order valence-corrected chi connectivity index (χ1v) is 6.80. The first kappa shape index (κ1) is 16.3. The maximum Gasteiger partial charge on any atom is 0.326 e. The van der Waals surface area contributed by atoms with Crippen LogP contribution in [0.15, 0.2) is 24.3 Å². The third-order valence-corrected chi connectivity index (χ3v) is 3.06. The SMILES string of the molecule is CCC[C@H](NC(=O)N(C)Cc1cccc(Cl)c1)C(=O)O. The highest BCUT2D eigenvalue weighted by atomic mass is 35.5. The van der Waals surface area contributed by atoms with Crippen LogP contribution in [0.1, 0.15) is 25.3 Å². The minimum absolute atomic E-state index is 0.366. The number of nitrogens with zero attached hydrogens (tertiary/aromatic N) is 1. The van der Waals surface area contributed by atoms with E-state index < -0.39 is 18.0 Å². The normalized spacial score (nSPS) is 11.8. The number of halogens is 1. The third kappa shape index (κ3) is 5.09. The van der Waals surface area contributed by atoms with Crippen molar-refractivity contribution in [3.05, 3.63) is 34.9 Å². The van der Waals surface area contributed by atoms with E-state index in [9.17, 15) is 9.59 Å². The zero-order valence-corrected chi connectivity index (χ0v) is 12.4. The Morgan fingerprint density at radius 1 is 1.45 bits per heavy atom. The topological polar surface area (TPSA) is 69.6 Å². The lowest BCUT2D eigenvalue weighted by atomic mass is 10.2. The second kappa shape index (κ2) is 7.75. The number of aliphatic carboxylic acids is 1. The molecular weight excluding hydrogens is 280 g/mol. The number of carboxylic acids is 1. The summed E-state index contributed by atoms with van der Waals surface area (Å²) < 4.78 is 0. The van der Waals surface area contributed by atoms with E-state index in [0.717, 1.165) is 5.56 Å². The molecule has 1 rings (SSSR count). The highest BCUT2D eigenvalue weighted by Crippen LogP contribution is 2.12. The molecule has 1 atom stereocenters. The van der Waals surface area contributed by atoms with Gasteiger partial charge in [0.15, 0.2) is 0 Å². The molecule has 1 aromatic carbocycles. The van der Waals surface area contributed by atoms with Crippen LogP contribution in [0.4, 0.5) is 4.79 Å². The molecule has 0 aliphatic heterocycles. The Bertz CT molecular complexity index is 479. The second-order valence-electron chi connectivity index (χ2n) is 4.61. The number of carboxylic acid groups (broad SMARTS) is 1. The molecule has 0 aromatic heterocycles. The summed E-state index contributed by atoms with van der Waals surface area (Å²) in [5.41, 5.74) is 0.887. The smallest absolute Gasteiger partial charge is 0.326 e. The average molecular weight is 299 g/mol. The summed E-state index contributed by atoms with van der Waals surface area (Å²) in [5, 5.41) is 12.1. The summed E-state index contributed by atoms with van der Waals surface area (Å²) >= 11 is 5.88. The molecule has 0 bridgehead atoms. The Morgan fingerprint density at radius 3 is 2.70 bits per heavy atom. The fourth-order valence-corrected chi connectivity index (χ4v) is 2.00. The molecule has 0 aliphatic carbocycles. The molecule has 0 saturated carbocycles. The quantitative estimate of drug-likeness (QED) is 0.848. The van der Waals surface area contributed by atoms with Crippen molar-refractivity contribution in [2.45, 2.75) is 32.4 Å². The number of rotatable bonds is 6. The molecule has 0 unspecified atom stereocenters. The summed E-state index contributed by atoms with van der Waals surface area (Å²) in [6.45, 7) is 2.24. The molecule has 0 aliphatic rings. The second-order valence-corrected chi connectivity index (χ2v) is 5.05. The van der Waals surface area contributed by atoms with E-state index in [1.54, 1.807) is 25.2 Å². The van der Waals surface area contributed by atoms with Crippen LogP contribution < -0.4 is 5.32 Å². The molecule has 0 heterocycles. The summed E-state index contributed by atoms with van der Waals surface area (Å²) in [6.07, 6.45) is 1.10. The molecule has 0 radical (unpaired) electrons. The Morgan fingerprint density at radius 2 is 2.15 bits per heavy atom. The van der Waals surface area contributed by atoms with Crippen LogP contribution in [0.3, 0.4) is 0 Å². The van der Waals surface area contributed by atoms with Gasteiger partial charge in [0.2, 0.25) is 0 Å². The predicted molar refractivity (Wildman–Crippen MR) is 77.8 cm³/mol. The monoisotopic (exact) mass is 298 g/mol. The Balaban J connectivity index is 2.60. The van der Waals surface area contributed by atoms with E-state index in [1.807, 2.05) is 13.0 Å². The lowest BCUT2D eigenvalue weighted by molar-refractivity contribution is -0.139. The molecule has 2 N–H and O–H groups in total. The lowest BCUT2D eigenvalue weighted by Gasteiger charge is -2.21. The zero-order valence-electron chi connectivity index (χ0n) is 11.6. The molecule has 1 aromatic rings. The van der Waals surface area contributed by atoms with E-state index in [4.69, 9.17) is 16.7 Å². The van der Waals surface area contributed by atoms with Crippen molar-refractivity contribution in [3.8, 4) is 0 Å². The van der Waals surface area contributed by atoms with Crippen LogP contribution in [0.2, 0.25) is 5.02 Å². The molecule has 110 valence electrons. The number of hydrogen-bond acceptors (Lipinski definition) is 2. The molecule has 2 amide bonds. The van der Waals surface area contributed by atoms with E-state index >= 15 is 0 Å². The molecule has 5 nitrogen and oxygen atoms in total. The number of carbonyl (C=O) groups is 2. The Kier molecular flexibility index (Phi) is 6.31. The van der Waals surface area contributed by atoms with Crippen molar-refractivity contribution in [1.29, 1.82) is 0 Å². The van der Waals surface area contributed by atoms with Gasteiger partial charge in [-0.1, -0.05) is 37.1 Å². The van der Waals surface area contributed by atoms with E-state index in [-0.39, 0.29) is 0 Å². The highest BCUT2D eigenvalue weighted by Gasteiger charge is 2.20. The average Bonchev–Trinajstić information content (AvgIpc) is 2.37. The van der Waals surface area contributed by atoms with Crippen LogP contribution in [0.5, 0.6) is 0 Å². The van der Waals surface area contributed by atoms with Crippen LogP contribution in [0.25, 0.3) is 0 Å². The van der Waals surface area contributed by atoms with Gasteiger partial charge in [-0.3, -0.25) is 0 Å². The molecule has 0 spiro atoms. The third-order valence-electron chi connectivity index (χ3n) is 2.83. The maximum absolute atomic E-state index is 11.9. The Labute approximate surface area is 123 Å².